The lowest BCUT2D eigenvalue weighted by molar-refractivity contribution is -0.138. The molecule has 0 aromatic carbocycles. The maximum Gasteiger partial charge on any atom is 0.458 e. The fraction of sp³-hybridized carbons (Fsp3) is 0.833. The van der Waals surface area contributed by atoms with Crippen molar-refractivity contribution in [1.29, 1.82) is 0 Å². The number of carbonyl (C=O) groups is 2. The van der Waals surface area contributed by atoms with Gasteiger partial charge in [0.25, 0.3) is 11.9 Å². The van der Waals surface area contributed by atoms with Gasteiger partial charge in [-0.05, 0) is 0 Å². The van der Waals surface area contributed by atoms with Gasteiger partial charge in [0.2, 0.25) is 0 Å². The molecule has 0 unspecified atom stereocenters. The van der Waals surface area contributed by atoms with E-state index in [0.29, 0.717) is 0 Å². The zero-order chi connectivity index (χ0) is 14.4. The summed E-state index contributed by atoms with van der Waals surface area (Å²) in [6.45, 7) is 11.2. The Morgan fingerprint density at radius 3 is 1.44 bits per heavy atom. The zero-order valence-electron chi connectivity index (χ0n) is 12.5. The largest absolute Gasteiger partial charge is 0.485 e. The minimum atomic E-state index is -2.71. The van der Waals surface area contributed by atoms with Crippen LogP contribution in [0.15, 0.2) is 0 Å². The molecule has 0 aromatic heterocycles. The van der Waals surface area contributed by atoms with Gasteiger partial charge in [-0.2, -0.15) is 0 Å². The van der Waals surface area contributed by atoms with Crippen molar-refractivity contribution in [2.75, 3.05) is 0 Å². The summed E-state index contributed by atoms with van der Waals surface area (Å²) in [5, 5.41) is 0. The van der Waals surface area contributed by atoms with Crippen LogP contribution in [0.5, 0.6) is 0 Å². The van der Waals surface area contributed by atoms with E-state index >= 15 is 0 Å². The first kappa shape index (κ1) is 17.4. The molecular weight excluding hydrogens is 264 g/mol. The van der Waals surface area contributed by atoms with Gasteiger partial charge in [-0.3, -0.25) is 9.59 Å². The van der Waals surface area contributed by atoms with Gasteiger partial charge in [-0.15, -0.1) is 0 Å². The van der Waals surface area contributed by atoms with Crippen molar-refractivity contribution < 1.29 is 18.4 Å². The molecule has 0 aromatic rings. The Balaban J connectivity index is 5.07. The fourth-order valence-electron chi connectivity index (χ4n) is 2.51. The molecule has 0 bridgehead atoms. The first-order valence-corrected chi connectivity index (χ1v) is 12.0. The molecule has 0 rings (SSSR count). The van der Waals surface area contributed by atoms with Crippen molar-refractivity contribution in [3.63, 3.8) is 0 Å². The molecule has 0 atom stereocenters. The van der Waals surface area contributed by atoms with Gasteiger partial charge >= 0.3 is 8.56 Å². The second kappa shape index (κ2) is 7.08. The number of hydrogen-bond acceptors (Lipinski definition) is 4. The van der Waals surface area contributed by atoms with Gasteiger partial charge in [-0.1, -0.05) is 38.9 Å². The number of hydrogen-bond donors (Lipinski definition) is 0. The third-order valence-electron chi connectivity index (χ3n) is 3.67. The van der Waals surface area contributed by atoms with E-state index in [0.717, 1.165) is 23.8 Å². The van der Waals surface area contributed by atoms with E-state index in [1.54, 1.807) is 0 Å². The van der Waals surface area contributed by atoms with Gasteiger partial charge in [-0.25, -0.2) is 0 Å². The highest BCUT2D eigenvalue weighted by Crippen LogP contribution is 2.31. The van der Waals surface area contributed by atoms with Crippen molar-refractivity contribution in [3.8, 4) is 0 Å². The van der Waals surface area contributed by atoms with E-state index in [9.17, 15) is 9.59 Å². The van der Waals surface area contributed by atoms with E-state index < -0.39 is 16.6 Å². The highest BCUT2D eigenvalue weighted by molar-refractivity contribution is 6.92. The van der Waals surface area contributed by atoms with E-state index in [4.69, 9.17) is 8.85 Å². The second-order valence-corrected chi connectivity index (χ2v) is 14.3. The van der Waals surface area contributed by atoms with Crippen LogP contribution < -0.4 is 0 Å². The highest BCUT2D eigenvalue weighted by Gasteiger charge is 2.46. The summed E-state index contributed by atoms with van der Waals surface area (Å²) in [7, 11) is -4.19. The molecule has 0 amide bonds. The lowest BCUT2D eigenvalue weighted by atomic mass is 10.9. The van der Waals surface area contributed by atoms with Gasteiger partial charge in [0, 0.05) is 26.1 Å². The molecule has 4 nitrogen and oxygen atoms in total. The van der Waals surface area contributed by atoms with Crippen molar-refractivity contribution in [2.24, 2.45) is 0 Å². The molecule has 0 N–H and O–H groups in total. The number of carbonyl (C=O) groups excluding carboxylic acids is 2. The highest BCUT2D eigenvalue weighted by atomic mass is 28.4. The van der Waals surface area contributed by atoms with Gasteiger partial charge in [0.05, 0.1) is 8.07 Å². The van der Waals surface area contributed by atoms with Crippen LogP contribution in [0, 0.1) is 0 Å². The monoisotopic (exact) mass is 290 g/mol. The van der Waals surface area contributed by atoms with E-state index in [2.05, 4.69) is 20.8 Å². The van der Waals surface area contributed by atoms with Crippen LogP contribution in [0.3, 0.4) is 0 Å². The van der Waals surface area contributed by atoms with E-state index in [1.165, 1.54) is 13.8 Å². The lowest BCUT2D eigenvalue weighted by Gasteiger charge is -2.35. The average molecular weight is 291 g/mol. The first-order chi connectivity index (χ1) is 8.22. The van der Waals surface area contributed by atoms with Gasteiger partial charge < -0.3 is 8.85 Å². The predicted molar refractivity (Wildman–Crippen MR) is 77.2 cm³/mol. The molecule has 0 saturated heterocycles. The van der Waals surface area contributed by atoms with Crippen molar-refractivity contribution in [3.05, 3.63) is 0 Å². The summed E-state index contributed by atoms with van der Waals surface area (Å²) < 4.78 is 10.8. The molecular formula is C12H26O4Si2. The molecule has 0 aliphatic rings. The third-order valence-corrected chi connectivity index (χ3v) is 15.2. The normalized spacial score (nSPS) is 12.1. The molecule has 0 heterocycles. The first-order valence-electron chi connectivity index (χ1n) is 6.61. The Hall–Kier alpha value is -0.626. The van der Waals surface area contributed by atoms with Crippen LogP contribution in [0.25, 0.3) is 0 Å². The second-order valence-electron chi connectivity index (χ2n) is 5.06. The molecule has 0 aliphatic heterocycles. The molecule has 0 fully saturated rings. The van der Waals surface area contributed by atoms with Crippen molar-refractivity contribution >= 4 is 28.6 Å². The smallest absolute Gasteiger partial charge is 0.458 e. The van der Waals surface area contributed by atoms with Crippen LogP contribution >= 0.6 is 0 Å². The quantitative estimate of drug-likeness (QED) is 0.675. The minimum Gasteiger partial charge on any atom is -0.485 e. The Morgan fingerprint density at radius 2 is 1.22 bits per heavy atom. The van der Waals surface area contributed by atoms with Crippen LogP contribution in [-0.2, 0) is 18.4 Å². The van der Waals surface area contributed by atoms with Crippen molar-refractivity contribution in [1.82, 2.24) is 0 Å². The summed E-state index contributed by atoms with van der Waals surface area (Å²) in [6.07, 6.45) is 0. The molecule has 18 heavy (non-hydrogen) atoms. The van der Waals surface area contributed by atoms with Crippen molar-refractivity contribution in [2.45, 2.75) is 65.0 Å². The molecule has 0 radical (unpaired) electrons. The van der Waals surface area contributed by atoms with Gasteiger partial charge in [0.15, 0.2) is 0 Å². The van der Waals surface area contributed by atoms with Crippen LogP contribution in [0.4, 0.5) is 0 Å². The molecule has 0 saturated carbocycles. The maximum absolute atomic E-state index is 11.2. The summed E-state index contributed by atoms with van der Waals surface area (Å²) in [6, 6.07) is 3.39. The predicted octanol–water partition coefficient (Wildman–Crippen LogP) is 3.23. The molecule has 6 heteroatoms. The van der Waals surface area contributed by atoms with E-state index in [1.807, 2.05) is 6.55 Å². The van der Waals surface area contributed by atoms with E-state index in [-0.39, 0.29) is 11.9 Å². The van der Waals surface area contributed by atoms with Crippen LogP contribution in [-0.4, -0.2) is 28.6 Å². The van der Waals surface area contributed by atoms with Crippen LogP contribution in [0.1, 0.15) is 34.6 Å². The summed E-state index contributed by atoms with van der Waals surface area (Å²) >= 11 is 0. The summed E-state index contributed by atoms with van der Waals surface area (Å²) in [4.78, 5) is 22.5. The van der Waals surface area contributed by atoms with Gasteiger partial charge in [0.1, 0.15) is 0 Å². The SMILES string of the molecule is CC[Si](CC)(CC)C[Si](C)(OC(C)=O)OC(C)=O. The summed E-state index contributed by atoms with van der Waals surface area (Å²) in [5.41, 5.74) is 0.808. The fourth-order valence-corrected chi connectivity index (χ4v) is 14.3. The molecule has 0 aliphatic carbocycles. The topological polar surface area (TPSA) is 52.6 Å². The third kappa shape index (κ3) is 5.35. The standard InChI is InChI=1S/C12H26O4Si2/c1-7-18(8-2,9-3)10-17(6,15-11(4)13)16-12(5)14/h7-10H2,1-6H3. The maximum atomic E-state index is 11.2. The molecule has 106 valence electrons. The lowest BCUT2D eigenvalue weighted by Crippen LogP contribution is -2.50. The Kier molecular flexibility index (Phi) is 6.84. The Bertz CT molecular complexity index is 276. The number of rotatable bonds is 7. The van der Waals surface area contributed by atoms with Crippen LogP contribution in [0.2, 0.25) is 30.3 Å². The average Bonchev–Trinajstić information content (AvgIpc) is 2.23. The Labute approximate surface area is 112 Å². The molecule has 0 spiro atoms. The zero-order valence-corrected chi connectivity index (χ0v) is 14.5. The summed E-state index contributed by atoms with van der Waals surface area (Å²) in [5.74, 6) is -0.701. The Morgan fingerprint density at radius 1 is 0.889 bits per heavy atom. The minimum absolute atomic E-state index is 0.350.